The first-order chi connectivity index (χ1) is 7.13. The van der Waals surface area contributed by atoms with Gasteiger partial charge < -0.3 is 46.2 Å². The number of aliphatic carboxylic acids is 2. The molecular weight excluding hydrogens is 281 g/mol. The molecule has 18 heavy (non-hydrogen) atoms. The molecule has 0 spiro atoms. The van der Waals surface area contributed by atoms with Crippen molar-refractivity contribution in [3.8, 4) is 0 Å². The summed E-state index contributed by atoms with van der Waals surface area (Å²) in [6.45, 7) is 0. The van der Waals surface area contributed by atoms with Crippen molar-refractivity contribution in [3.05, 3.63) is 0 Å². The van der Waals surface area contributed by atoms with Gasteiger partial charge in [0, 0.05) is 0 Å². The van der Waals surface area contributed by atoms with Gasteiger partial charge in [-0.1, -0.05) is 0 Å². The molecule has 0 heterocycles. The zero-order chi connectivity index (χ0) is 14.9. The SMILES string of the molecule is F[B-](F)(F)F.F[B-](F)(F)F.O=C(O)CC(=O)O.[H-].[Li+]. The van der Waals surface area contributed by atoms with Gasteiger partial charge in [0.15, 0.2) is 0 Å². The van der Waals surface area contributed by atoms with Crippen LogP contribution < -0.4 is 18.9 Å². The van der Waals surface area contributed by atoms with Gasteiger partial charge in [0.1, 0.15) is 6.42 Å². The first kappa shape index (κ1) is 25.8. The molecule has 0 unspecified atom stereocenters. The van der Waals surface area contributed by atoms with E-state index in [0.717, 1.165) is 0 Å². The summed E-state index contributed by atoms with van der Waals surface area (Å²) >= 11 is 0. The number of halogens is 8. The molecule has 0 aromatic heterocycles. The van der Waals surface area contributed by atoms with E-state index in [1.54, 1.807) is 0 Å². The molecule has 0 rings (SSSR count). The third kappa shape index (κ3) is 311. The largest absolute Gasteiger partial charge is 1.00 e. The standard InChI is InChI=1S/C3H4O4.2BF4.Li.H/c4-2(5)1-3(6)7;2*2-1(3,4)5;;/h1H2,(H,4,5)(H,6,7);;;;/q;2*-1;+1;-1. The molecule has 0 aliphatic carbocycles. The second kappa shape index (κ2) is 11.2. The minimum atomic E-state index is -6.00. The predicted octanol–water partition coefficient (Wildman–Crippen LogP) is -0.738. The van der Waals surface area contributed by atoms with Gasteiger partial charge in [0.2, 0.25) is 0 Å². The molecule has 0 aliphatic rings. The average molecular weight is 286 g/mol. The van der Waals surface area contributed by atoms with Gasteiger partial charge in [-0.15, -0.1) is 0 Å². The number of carbonyl (C=O) groups is 2. The smallest absolute Gasteiger partial charge is 1.00 e. The maximum Gasteiger partial charge on any atom is 1.00 e. The average Bonchev–Trinajstić information content (AvgIpc) is 1.71. The van der Waals surface area contributed by atoms with Crippen LogP contribution in [0.15, 0.2) is 0 Å². The Kier molecular flexibility index (Phi) is 16.1. The van der Waals surface area contributed by atoms with E-state index in [1.165, 1.54) is 0 Å². The molecule has 0 amide bonds. The van der Waals surface area contributed by atoms with Crippen molar-refractivity contribution >= 4 is 26.4 Å². The van der Waals surface area contributed by atoms with Crippen molar-refractivity contribution < 1.29 is 74.6 Å². The molecule has 106 valence electrons. The summed E-state index contributed by atoms with van der Waals surface area (Å²) < 4.78 is 78.0. The first-order valence-corrected chi connectivity index (χ1v) is 3.31. The van der Waals surface area contributed by atoms with E-state index in [9.17, 15) is 44.1 Å². The molecule has 0 atom stereocenters. The number of carboxylic acids is 2. The van der Waals surface area contributed by atoms with Crippen LogP contribution in [0, 0.1) is 0 Å². The number of carboxylic acid groups (broad SMARTS) is 2. The van der Waals surface area contributed by atoms with Crippen LogP contribution in [0.5, 0.6) is 0 Å². The Labute approximate surface area is 108 Å². The van der Waals surface area contributed by atoms with E-state index in [4.69, 9.17) is 10.2 Å². The number of rotatable bonds is 2. The minimum absolute atomic E-state index is 0. The van der Waals surface area contributed by atoms with E-state index in [1.807, 2.05) is 0 Å². The van der Waals surface area contributed by atoms with Crippen LogP contribution in [0.2, 0.25) is 0 Å². The van der Waals surface area contributed by atoms with Crippen LogP contribution in [0.25, 0.3) is 0 Å². The van der Waals surface area contributed by atoms with Crippen LogP contribution in [0.3, 0.4) is 0 Å². The third-order valence-corrected chi connectivity index (χ3v) is 0.302. The summed E-state index contributed by atoms with van der Waals surface area (Å²) in [5.41, 5.74) is 0. The molecule has 0 aromatic rings. The molecule has 0 bridgehead atoms. The Hall–Kier alpha value is -0.893. The Morgan fingerprint density at radius 3 is 0.889 bits per heavy atom. The summed E-state index contributed by atoms with van der Waals surface area (Å²) in [5, 5.41) is 15.4. The van der Waals surface area contributed by atoms with E-state index < -0.39 is 32.9 Å². The first-order valence-electron chi connectivity index (χ1n) is 3.31. The third-order valence-electron chi connectivity index (χ3n) is 0.302. The summed E-state index contributed by atoms with van der Waals surface area (Å²) in [6, 6.07) is 0. The molecule has 2 N–H and O–H groups in total. The van der Waals surface area contributed by atoms with Gasteiger partial charge in [-0.3, -0.25) is 9.59 Å². The van der Waals surface area contributed by atoms with Crippen molar-refractivity contribution in [3.63, 3.8) is 0 Å². The van der Waals surface area contributed by atoms with Gasteiger partial charge >= 0.3 is 45.3 Å². The molecule has 0 aliphatic heterocycles. The normalized spacial score (nSPS) is 9.78. The minimum Gasteiger partial charge on any atom is -1.00 e. The predicted molar refractivity (Wildman–Crippen MR) is 41.4 cm³/mol. The maximum absolute atomic E-state index is 9.75. The monoisotopic (exact) mass is 286 g/mol. The molecular formula is C3H5B2F8LiO4-2. The number of hydrogen-bond acceptors (Lipinski definition) is 2. The van der Waals surface area contributed by atoms with Crippen molar-refractivity contribution in [1.82, 2.24) is 0 Å². The second-order valence-corrected chi connectivity index (χ2v) is 1.95. The quantitative estimate of drug-likeness (QED) is 0.398. The summed E-state index contributed by atoms with van der Waals surface area (Å²) in [5.74, 6) is -2.62. The molecule has 4 nitrogen and oxygen atoms in total. The molecule has 0 fully saturated rings. The van der Waals surface area contributed by atoms with Gasteiger partial charge in [-0.05, 0) is 0 Å². The molecule has 0 saturated carbocycles. The van der Waals surface area contributed by atoms with E-state index in [0.29, 0.717) is 0 Å². The number of hydrogen-bond donors (Lipinski definition) is 2. The summed E-state index contributed by atoms with van der Waals surface area (Å²) in [4.78, 5) is 18.9. The Bertz CT molecular complexity index is 211. The van der Waals surface area contributed by atoms with Crippen molar-refractivity contribution in [2.75, 3.05) is 0 Å². The molecule has 0 radical (unpaired) electrons. The Morgan fingerprint density at radius 2 is 0.889 bits per heavy atom. The van der Waals surface area contributed by atoms with Gasteiger partial charge in [0.25, 0.3) is 0 Å². The van der Waals surface area contributed by atoms with Crippen molar-refractivity contribution in [1.29, 1.82) is 0 Å². The Morgan fingerprint density at radius 1 is 0.778 bits per heavy atom. The van der Waals surface area contributed by atoms with Crippen LogP contribution >= 0.6 is 0 Å². The van der Waals surface area contributed by atoms with Crippen LogP contribution in [-0.4, -0.2) is 36.7 Å². The summed E-state index contributed by atoms with van der Waals surface area (Å²) in [6.07, 6.45) is -0.806. The zero-order valence-corrected chi connectivity index (χ0v) is 8.60. The molecule has 0 saturated heterocycles. The van der Waals surface area contributed by atoms with Gasteiger partial charge in [0.05, 0.1) is 0 Å². The van der Waals surface area contributed by atoms with E-state index in [2.05, 4.69) is 0 Å². The topological polar surface area (TPSA) is 74.6 Å². The van der Waals surface area contributed by atoms with E-state index in [-0.39, 0.29) is 20.3 Å². The fourth-order valence-electron chi connectivity index (χ4n) is 0.129. The maximum atomic E-state index is 9.75. The van der Waals surface area contributed by atoms with Crippen LogP contribution in [-0.2, 0) is 9.59 Å². The molecule has 15 heteroatoms. The molecule has 0 aromatic carbocycles. The van der Waals surface area contributed by atoms with Crippen molar-refractivity contribution in [2.45, 2.75) is 6.42 Å². The fourth-order valence-corrected chi connectivity index (χ4v) is 0.129. The zero-order valence-electron chi connectivity index (χ0n) is 9.60. The van der Waals surface area contributed by atoms with Gasteiger partial charge in [-0.25, -0.2) is 0 Å². The fraction of sp³-hybridized carbons (Fsp3) is 0.333. The summed E-state index contributed by atoms with van der Waals surface area (Å²) in [7, 11) is -12.0. The van der Waals surface area contributed by atoms with Gasteiger partial charge in [-0.2, -0.15) is 0 Å². The van der Waals surface area contributed by atoms with Crippen LogP contribution in [0.1, 0.15) is 7.85 Å². The second-order valence-electron chi connectivity index (χ2n) is 1.95. The van der Waals surface area contributed by atoms with E-state index >= 15 is 0 Å². The Balaban J connectivity index is -0.0000000500. The van der Waals surface area contributed by atoms with Crippen molar-refractivity contribution in [2.24, 2.45) is 0 Å². The van der Waals surface area contributed by atoms with Crippen LogP contribution in [0.4, 0.5) is 34.5 Å².